The second kappa shape index (κ2) is 3.37. The van der Waals surface area contributed by atoms with Gasteiger partial charge in [0.1, 0.15) is 12.6 Å². The topological polar surface area (TPSA) is 16.8 Å². The van der Waals surface area contributed by atoms with Crippen LogP contribution in [0.2, 0.25) is 0 Å². The van der Waals surface area contributed by atoms with Gasteiger partial charge in [0.25, 0.3) is 0 Å². The summed E-state index contributed by atoms with van der Waals surface area (Å²) in [5.74, 6) is 0.499. The third-order valence-electron chi connectivity index (χ3n) is 2.49. The van der Waals surface area contributed by atoms with Crippen LogP contribution in [0.15, 0.2) is 30.6 Å². The molecule has 0 unspecified atom stereocenters. The predicted molar refractivity (Wildman–Crippen MR) is 57.0 cm³/mol. The maximum atomic E-state index is 4.44. The molecule has 0 radical (unpaired) electrons. The summed E-state index contributed by atoms with van der Waals surface area (Å²) < 4.78 is 2.15. The molecule has 2 nitrogen and oxygen atoms in total. The first-order valence-electron chi connectivity index (χ1n) is 4.93. The van der Waals surface area contributed by atoms with Crippen LogP contribution in [-0.4, -0.2) is 4.98 Å². The number of aryl methyl sites for hydroxylation is 1. The third-order valence-corrected chi connectivity index (χ3v) is 2.49. The maximum Gasteiger partial charge on any atom is 0.210 e. The lowest BCUT2D eigenvalue weighted by molar-refractivity contribution is -0.678. The Bertz CT molecular complexity index is 461. The fraction of sp³-hybridized carbons (Fsp3) is 0.333. The number of nitrogens with zero attached hydrogens (tertiary/aromatic N) is 2. The lowest BCUT2D eigenvalue weighted by Crippen LogP contribution is -2.34. The molecule has 0 N–H and O–H groups in total. The van der Waals surface area contributed by atoms with Crippen molar-refractivity contribution in [1.82, 2.24) is 4.98 Å². The van der Waals surface area contributed by atoms with Crippen LogP contribution < -0.4 is 4.57 Å². The van der Waals surface area contributed by atoms with Crippen LogP contribution in [0.25, 0.3) is 10.9 Å². The number of pyridine rings is 2. The van der Waals surface area contributed by atoms with Gasteiger partial charge >= 0.3 is 0 Å². The summed E-state index contributed by atoms with van der Waals surface area (Å²) in [5, 5.41) is 1.22. The van der Waals surface area contributed by atoms with Gasteiger partial charge in [0.2, 0.25) is 5.69 Å². The number of aromatic nitrogens is 2. The molecule has 0 amide bonds. The van der Waals surface area contributed by atoms with E-state index in [0.29, 0.717) is 5.92 Å². The molecule has 0 atom stereocenters. The van der Waals surface area contributed by atoms with Gasteiger partial charge in [-0.05, 0) is 6.07 Å². The summed E-state index contributed by atoms with van der Waals surface area (Å²) in [4.78, 5) is 4.44. The van der Waals surface area contributed by atoms with Gasteiger partial charge in [-0.25, -0.2) is 9.55 Å². The molecule has 0 bridgehead atoms. The first-order valence-corrected chi connectivity index (χ1v) is 4.93. The van der Waals surface area contributed by atoms with E-state index in [4.69, 9.17) is 0 Å². The van der Waals surface area contributed by atoms with Crippen molar-refractivity contribution in [2.75, 3.05) is 0 Å². The van der Waals surface area contributed by atoms with Gasteiger partial charge in [0, 0.05) is 23.6 Å². The van der Waals surface area contributed by atoms with Crippen LogP contribution in [0.4, 0.5) is 0 Å². The molecule has 2 heterocycles. The highest BCUT2D eigenvalue weighted by Crippen LogP contribution is 2.18. The van der Waals surface area contributed by atoms with Gasteiger partial charge in [-0.3, -0.25) is 0 Å². The van der Waals surface area contributed by atoms with Gasteiger partial charge in [-0.15, -0.1) is 0 Å². The number of fused-ring (bicyclic) bond motifs is 1. The molecule has 0 aliphatic carbocycles. The first-order chi connectivity index (χ1) is 6.70. The number of hydrogen-bond acceptors (Lipinski definition) is 1. The Kier molecular flexibility index (Phi) is 2.20. The van der Waals surface area contributed by atoms with Gasteiger partial charge < -0.3 is 0 Å². The lowest BCUT2D eigenvalue weighted by atomic mass is 10.1. The fourth-order valence-corrected chi connectivity index (χ4v) is 1.89. The minimum absolute atomic E-state index is 0.499. The van der Waals surface area contributed by atoms with E-state index in [1.807, 2.05) is 12.3 Å². The van der Waals surface area contributed by atoms with Crippen LogP contribution in [0.1, 0.15) is 25.5 Å². The largest absolute Gasteiger partial charge is 0.250 e. The van der Waals surface area contributed by atoms with Crippen molar-refractivity contribution in [1.29, 1.82) is 0 Å². The Labute approximate surface area is 84.2 Å². The molecule has 0 fully saturated rings. The molecule has 0 saturated carbocycles. The Morgan fingerprint density at radius 2 is 2.07 bits per heavy atom. The van der Waals surface area contributed by atoms with E-state index in [9.17, 15) is 0 Å². The lowest BCUT2D eigenvalue weighted by Gasteiger charge is -2.05. The molecule has 0 aliphatic rings. The SMILES string of the molecule is CC(C)c1c2ncccc2cc[n+]1C. The predicted octanol–water partition coefficient (Wildman–Crippen LogP) is 2.18. The second-order valence-electron chi connectivity index (χ2n) is 3.91. The minimum Gasteiger partial charge on any atom is -0.250 e. The van der Waals surface area contributed by atoms with Gasteiger partial charge in [-0.1, -0.05) is 19.9 Å². The molecule has 14 heavy (non-hydrogen) atoms. The van der Waals surface area contributed by atoms with E-state index in [-0.39, 0.29) is 0 Å². The van der Waals surface area contributed by atoms with Crippen molar-refractivity contribution in [2.45, 2.75) is 19.8 Å². The summed E-state index contributed by atoms with van der Waals surface area (Å²) in [6, 6.07) is 6.19. The van der Waals surface area contributed by atoms with Gasteiger partial charge in [0.15, 0.2) is 6.20 Å². The quantitative estimate of drug-likeness (QED) is 0.625. The summed E-state index contributed by atoms with van der Waals surface area (Å²) in [5.41, 5.74) is 2.41. The molecular weight excluding hydrogens is 172 g/mol. The maximum absolute atomic E-state index is 4.44. The molecule has 0 spiro atoms. The molecule has 0 aliphatic heterocycles. The summed E-state index contributed by atoms with van der Waals surface area (Å²) in [6.07, 6.45) is 3.95. The highest BCUT2D eigenvalue weighted by Gasteiger charge is 2.16. The van der Waals surface area contributed by atoms with E-state index in [1.165, 1.54) is 11.1 Å². The van der Waals surface area contributed by atoms with Crippen LogP contribution in [0, 0.1) is 0 Å². The monoisotopic (exact) mass is 187 g/mol. The van der Waals surface area contributed by atoms with Crippen LogP contribution in [-0.2, 0) is 7.05 Å². The average molecular weight is 187 g/mol. The van der Waals surface area contributed by atoms with E-state index in [0.717, 1.165) is 5.52 Å². The summed E-state index contributed by atoms with van der Waals surface area (Å²) in [6.45, 7) is 4.40. The van der Waals surface area contributed by atoms with Gasteiger partial charge in [-0.2, -0.15) is 0 Å². The molecule has 72 valence electrons. The van der Waals surface area contributed by atoms with Crippen LogP contribution in [0.3, 0.4) is 0 Å². The highest BCUT2D eigenvalue weighted by atomic mass is 14.9. The normalized spacial score (nSPS) is 11.1. The van der Waals surface area contributed by atoms with E-state index in [2.05, 4.69) is 48.8 Å². The molecular formula is C12H15N2+. The van der Waals surface area contributed by atoms with Crippen molar-refractivity contribution in [3.05, 3.63) is 36.3 Å². The molecule has 2 heteroatoms. The number of rotatable bonds is 1. The van der Waals surface area contributed by atoms with E-state index in [1.54, 1.807) is 0 Å². The van der Waals surface area contributed by atoms with Crippen molar-refractivity contribution in [3.63, 3.8) is 0 Å². The number of hydrogen-bond donors (Lipinski definition) is 0. The zero-order valence-corrected chi connectivity index (χ0v) is 8.86. The zero-order valence-electron chi connectivity index (χ0n) is 8.86. The second-order valence-corrected chi connectivity index (χ2v) is 3.91. The Balaban J connectivity index is 2.83. The Morgan fingerprint density at radius 3 is 2.79 bits per heavy atom. The fourth-order valence-electron chi connectivity index (χ4n) is 1.89. The minimum atomic E-state index is 0.499. The Morgan fingerprint density at radius 1 is 1.29 bits per heavy atom. The summed E-state index contributed by atoms with van der Waals surface area (Å²) >= 11 is 0. The molecule has 0 aromatic carbocycles. The van der Waals surface area contributed by atoms with Crippen molar-refractivity contribution >= 4 is 10.9 Å². The third kappa shape index (κ3) is 1.37. The van der Waals surface area contributed by atoms with Crippen molar-refractivity contribution in [2.24, 2.45) is 7.05 Å². The molecule has 0 saturated heterocycles. The standard InChI is InChI=1S/C12H15N2/c1-9(2)12-11-10(5-4-7-13-11)6-8-14(12)3/h4-9H,1-3H3/q+1. The first kappa shape index (κ1) is 9.13. The highest BCUT2D eigenvalue weighted by molar-refractivity contribution is 5.79. The molecule has 2 rings (SSSR count). The smallest absolute Gasteiger partial charge is 0.210 e. The van der Waals surface area contributed by atoms with Crippen LogP contribution >= 0.6 is 0 Å². The van der Waals surface area contributed by atoms with Crippen LogP contribution in [0.5, 0.6) is 0 Å². The van der Waals surface area contributed by atoms with Crippen molar-refractivity contribution in [3.8, 4) is 0 Å². The molecule has 2 aromatic rings. The van der Waals surface area contributed by atoms with Gasteiger partial charge in [0.05, 0.1) is 0 Å². The summed E-state index contributed by atoms with van der Waals surface area (Å²) in [7, 11) is 2.07. The molecule has 2 aromatic heterocycles. The average Bonchev–Trinajstić information content (AvgIpc) is 2.17. The van der Waals surface area contributed by atoms with Crippen molar-refractivity contribution < 1.29 is 4.57 Å². The zero-order chi connectivity index (χ0) is 10.1. The Hall–Kier alpha value is -1.44. The van der Waals surface area contributed by atoms with E-state index < -0.39 is 0 Å². The van der Waals surface area contributed by atoms with E-state index >= 15 is 0 Å².